The summed E-state index contributed by atoms with van der Waals surface area (Å²) >= 11 is 0. The molecule has 0 bridgehead atoms. The van der Waals surface area contributed by atoms with Crippen LogP contribution in [0.15, 0.2) is 5.16 Å². The number of hydrogen-bond acceptors (Lipinski definition) is 3. The molecule has 0 aliphatic carbocycles. The Balaban J connectivity index is 2.79. The van der Waals surface area contributed by atoms with E-state index in [1.807, 2.05) is 0 Å². The summed E-state index contributed by atoms with van der Waals surface area (Å²) in [6, 6.07) is 0. The van der Waals surface area contributed by atoms with Crippen molar-refractivity contribution in [2.75, 3.05) is 6.61 Å². The van der Waals surface area contributed by atoms with E-state index in [0.29, 0.717) is 5.84 Å². The van der Waals surface area contributed by atoms with Gasteiger partial charge in [0.15, 0.2) is 0 Å². The van der Waals surface area contributed by atoms with E-state index < -0.39 is 0 Å². The second kappa shape index (κ2) is 4.17. The molecule has 0 aromatic heterocycles. The van der Waals surface area contributed by atoms with Crippen molar-refractivity contribution in [3.05, 3.63) is 0 Å². The lowest BCUT2D eigenvalue weighted by Gasteiger charge is -2.39. The lowest BCUT2D eigenvalue weighted by atomic mass is 9.77. The van der Waals surface area contributed by atoms with Crippen molar-refractivity contribution in [3.63, 3.8) is 0 Å². The molecule has 1 aliphatic heterocycles. The number of ether oxygens (including phenoxy) is 1. The van der Waals surface area contributed by atoms with Crippen molar-refractivity contribution in [1.29, 1.82) is 0 Å². The number of hydrogen-bond donors (Lipinski definition) is 2. The van der Waals surface area contributed by atoms with Gasteiger partial charge in [-0.3, -0.25) is 0 Å². The Morgan fingerprint density at radius 3 is 2.64 bits per heavy atom. The number of nitrogens with zero attached hydrogens (tertiary/aromatic N) is 1. The smallest absolute Gasteiger partial charge is 0.144 e. The molecule has 0 saturated carbocycles. The highest BCUT2D eigenvalue weighted by Crippen LogP contribution is 2.33. The monoisotopic (exact) mass is 200 g/mol. The predicted octanol–water partition coefficient (Wildman–Crippen LogP) is 1.57. The molecule has 1 heterocycles. The van der Waals surface area contributed by atoms with Crippen molar-refractivity contribution < 1.29 is 9.94 Å². The minimum atomic E-state index is 0.0282. The molecule has 3 N–H and O–H groups in total. The topological polar surface area (TPSA) is 67.8 Å². The van der Waals surface area contributed by atoms with Crippen LogP contribution in [-0.4, -0.2) is 23.8 Å². The van der Waals surface area contributed by atoms with Gasteiger partial charge in [0.2, 0.25) is 0 Å². The molecule has 82 valence electrons. The van der Waals surface area contributed by atoms with Crippen molar-refractivity contribution in [3.8, 4) is 0 Å². The van der Waals surface area contributed by atoms with Crippen molar-refractivity contribution in [2.24, 2.45) is 22.2 Å². The Morgan fingerprint density at radius 1 is 1.50 bits per heavy atom. The molecule has 0 radical (unpaired) electrons. The number of nitrogens with two attached hydrogens (primary N) is 1. The molecular weight excluding hydrogens is 180 g/mol. The largest absolute Gasteiger partial charge is 0.409 e. The third-order valence-electron chi connectivity index (χ3n) is 2.67. The third-order valence-corrected chi connectivity index (χ3v) is 2.67. The van der Waals surface area contributed by atoms with E-state index in [4.69, 9.17) is 15.7 Å². The van der Waals surface area contributed by atoms with E-state index in [2.05, 4.69) is 25.9 Å². The summed E-state index contributed by atoms with van der Waals surface area (Å²) in [5, 5.41) is 11.8. The molecule has 1 aliphatic rings. The molecule has 2 unspecified atom stereocenters. The van der Waals surface area contributed by atoms with Gasteiger partial charge in [-0.05, 0) is 18.3 Å². The summed E-state index contributed by atoms with van der Waals surface area (Å²) in [4.78, 5) is 0. The number of amidine groups is 1. The molecule has 1 rings (SSSR count). The van der Waals surface area contributed by atoms with E-state index in [1.54, 1.807) is 0 Å². The van der Waals surface area contributed by atoms with Crippen LogP contribution < -0.4 is 5.73 Å². The summed E-state index contributed by atoms with van der Waals surface area (Å²) in [5.41, 5.74) is 5.68. The molecule has 14 heavy (non-hydrogen) atoms. The summed E-state index contributed by atoms with van der Waals surface area (Å²) in [5.74, 6) is 0.346. The van der Waals surface area contributed by atoms with Gasteiger partial charge in [-0.25, -0.2) is 0 Å². The molecule has 1 saturated heterocycles. The van der Waals surface area contributed by atoms with E-state index in [-0.39, 0.29) is 17.4 Å². The molecule has 1 fully saturated rings. The maximum absolute atomic E-state index is 8.68. The van der Waals surface area contributed by atoms with Crippen LogP contribution >= 0.6 is 0 Å². The van der Waals surface area contributed by atoms with Gasteiger partial charge in [0.1, 0.15) is 5.84 Å². The second-order valence-corrected chi connectivity index (χ2v) is 4.93. The van der Waals surface area contributed by atoms with Gasteiger partial charge in [-0.2, -0.15) is 0 Å². The lowest BCUT2D eigenvalue weighted by Crippen LogP contribution is -2.45. The fraction of sp³-hybridized carbons (Fsp3) is 0.900. The molecule has 2 atom stereocenters. The Labute approximate surface area is 85.1 Å². The molecule has 0 aromatic rings. The quantitative estimate of drug-likeness (QED) is 0.292. The molecule has 4 heteroatoms. The molecule has 0 amide bonds. The molecular formula is C10H20N2O2. The minimum Gasteiger partial charge on any atom is -0.409 e. The fourth-order valence-electron chi connectivity index (χ4n) is 2.01. The normalized spacial score (nSPS) is 30.4. The molecule has 0 spiro atoms. The second-order valence-electron chi connectivity index (χ2n) is 4.93. The Morgan fingerprint density at radius 2 is 2.14 bits per heavy atom. The van der Waals surface area contributed by atoms with Gasteiger partial charge in [-0.15, -0.1) is 0 Å². The Hall–Kier alpha value is -0.770. The fourth-order valence-corrected chi connectivity index (χ4v) is 2.01. The van der Waals surface area contributed by atoms with Crippen molar-refractivity contribution >= 4 is 5.84 Å². The van der Waals surface area contributed by atoms with Crippen LogP contribution in [0.3, 0.4) is 0 Å². The zero-order valence-corrected chi connectivity index (χ0v) is 9.16. The highest BCUT2D eigenvalue weighted by atomic mass is 16.5. The summed E-state index contributed by atoms with van der Waals surface area (Å²) in [7, 11) is 0. The van der Waals surface area contributed by atoms with E-state index >= 15 is 0 Å². The van der Waals surface area contributed by atoms with Crippen LogP contribution in [0.2, 0.25) is 0 Å². The highest BCUT2D eigenvalue weighted by Gasteiger charge is 2.37. The predicted molar refractivity (Wildman–Crippen MR) is 55.3 cm³/mol. The lowest BCUT2D eigenvalue weighted by molar-refractivity contribution is -0.0673. The zero-order chi connectivity index (χ0) is 10.8. The summed E-state index contributed by atoms with van der Waals surface area (Å²) < 4.78 is 5.71. The van der Waals surface area contributed by atoms with Crippen LogP contribution in [0.25, 0.3) is 0 Å². The van der Waals surface area contributed by atoms with E-state index in [0.717, 1.165) is 19.4 Å². The van der Waals surface area contributed by atoms with Crippen LogP contribution in [0, 0.1) is 11.3 Å². The number of rotatable bonds is 1. The first kappa shape index (κ1) is 11.3. The third kappa shape index (κ3) is 2.38. The van der Waals surface area contributed by atoms with Crippen molar-refractivity contribution in [1.82, 2.24) is 0 Å². The van der Waals surface area contributed by atoms with Gasteiger partial charge in [0.25, 0.3) is 0 Å². The van der Waals surface area contributed by atoms with Crippen molar-refractivity contribution in [2.45, 2.75) is 39.7 Å². The maximum atomic E-state index is 8.68. The molecule has 0 aromatic carbocycles. The number of oxime groups is 1. The van der Waals surface area contributed by atoms with Gasteiger partial charge in [-0.1, -0.05) is 25.9 Å². The van der Waals surface area contributed by atoms with E-state index in [9.17, 15) is 0 Å². The van der Waals surface area contributed by atoms with Gasteiger partial charge >= 0.3 is 0 Å². The first-order valence-corrected chi connectivity index (χ1v) is 5.06. The first-order chi connectivity index (χ1) is 6.46. The zero-order valence-electron chi connectivity index (χ0n) is 9.16. The van der Waals surface area contributed by atoms with Crippen LogP contribution in [0.1, 0.15) is 33.6 Å². The average molecular weight is 200 g/mol. The van der Waals surface area contributed by atoms with Gasteiger partial charge in [0.05, 0.1) is 6.10 Å². The van der Waals surface area contributed by atoms with Gasteiger partial charge < -0.3 is 15.7 Å². The highest BCUT2D eigenvalue weighted by molar-refractivity contribution is 5.82. The SMILES string of the molecule is CC(C)(C)C1OCCCC1/C(N)=N/O. The maximum Gasteiger partial charge on any atom is 0.144 e. The van der Waals surface area contributed by atoms with Crippen LogP contribution in [-0.2, 0) is 4.74 Å². The first-order valence-electron chi connectivity index (χ1n) is 5.06. The van der Waals surface area contributed by atoms with E-state index in [1.165, 1.54) is 0 Å². The average Bonchev–Trinajstić information content (AvgIpc) is 2.15. The van der Waals surface area contributed by atoms with Gasteiger partial charge in [0, 0.05) is 12.5 Å². The summed E-state index contributed by atoms with van der Waals surface area (Å²) in [6.07, 6.45) is 1.97. The summed E-state index contributed by atoms with van der Waals surface area (Å²) in [6.45, 7) is 7.11. The standard InChI is InChI=1S/C10H20N2O2/c1-10(2,3)8-7(9(11)12-13)5-4-6-14-8/h7-8,13H,4-6H2,1-3H3,(H2,11,12). The van der Waals surface area contributed by atoms with Crippen LogP contribution in [0.4, 0.5) is 0 Å². The van der Waals surface area contributed by atoms with Crippen LogP contribution in [0.5, 0.6) is 0 Å². The minimum absolute atomic E-state index is 0.0282. The Kier molecular flexibility index (Phi) is 3.37. The molecule has 4 nitrogen and oxygen atoms in total. The Bertz CT molecular complexity index is 221.